The summed E-state index contributed by atoms with van der Waals surface area (Å²) in [6, 6.07) is 3.14. The van der Waals surface area contributed by atoms with Crippen molar-refractivity contribution in [2.75, 3.05) is 20.3 Å². The smallest absolute Gasteiger partial charge is 0.303 e. The van der Waals surface area contributed by atoms with Crippen LogP contribution in [0.4, 0.5) is 0 Å². The average Bonchev–Trinajstić information content (AvgIpc) is 2.90. The number of hydrogen-bond acceptors (Lipinski definition) is 5. The summed E-state index contributed by atoms with van der Waals surface area (Å²) < 4.78 is 4.94. The number of carbonyl (C=O) groups is 2. The van der Waals surface area contributed by atoms with Crippen LogP contribution in [0.15, 0.2) is 17.5 Å². The molecule has 106 valence electrons. The molecule has 1 rings (SSSR count). The maximum absolute atomic E-state index is 12.2. The second-order valence-electron chi connectivity index (χ2n) is 4.13. The van der Waals surface area contributed by atoms with Crippen LogP contribution in [0.3, 0.4) is 0 Å². The van der Waals surface area contributed by atoms with Crippen molar-refractivity contribution in [2.45, 2.75) is 25.3 Å². The van der Waals surface area contributed by atoms with Crippen LogP contribution in [0.2, 0.25) is 0 Å². The van der Waals surface area contributed by atoms with Gasteiger partial charge in [0.15, 0.2) is 5.78 Å². The van der Waals surface area contributed by atoms with Gasteiger partial charge >= 0.3 is 5.97 Å². The third kappa shape index (κ3) is 5.96. The highest BCUT2D eigenvalue weighted by Crippen LogP contribution is 2.14. The fourth-order valence-corrected chi connectivity index (χ4v) is 2.40. The minimum atomic E-state index is -0.886. The number of carboxylic acids is 1. The lowest BCUT2D eigenvalue weighted by molar-refractivity contribution is -0.137. The summed E-state index contributed by atoms with van der Waals surface area (Å²) in [5, 5.41) is 13.7. The van der Waals surface area contributed by atoms with E-state index in [1.165, 1.54) is 11.3 Å². The number of nitrogens with one attached hydrogen (secondary N) is 1. The fraction of sp³-hybridized carbons (Fsp3) is 0.538. The molecule has 5 nitrogen and oxygen atoms in total. The highest BCUT2D eigenvalue weighted by molar-refractivity contribution is 7.12. The van der Waals surface area contributed by atoms with E-state index in [4.69, 9.17) is 9.84 Å². The predicted molar refractivity (Wildman–Crippen MR) is 73.8 cm³/mol. The highest BCUT2D eigenvalue weighted by Gasteiger charge is 2.21. The Kier molecular flexibility index (Phi) is 7.32. The van der Waals surface area contributed by atoms with E-state index in [1.54, 1.807) is 13.2 Å². The lowest BCUT2D eigenvalue weighted by Crippen LogP contribution is -2.37. The second-order valence-corrected chi connectivity index (χ2v) is 5.07. The summed E-state index contributed by atoms with van der Waals surface area (Å²) in [6.45, 7) is 1.25. The molecule has 1 aromatic heterocycles. The van der Waals surface area contributed by atoms with Gasteiger partial charge in [0.25, 0.3) is 0 Å². The van der Waals surface area contributed by atoms with E-state index in [1.807, 2.05) is 11.4 Å². The summed E-state index contributed by atoms with van der Waals surface area (Å²) in [4.78, 5) is 23.5. The van der Waals surface area contributed by atoms with E-state index >= 15 is 0 Å². The Morgan fingerprint density at radius 2 is 2.32 bits per heavy atom. The van der Waals surface area contributed by atoms with Crippen LogP contribution in [-0.4, -0.2) is 43.2 Å². The molecular formula is C13H19NO4S. The molecule has 0 aromatic carbocycles. The van der Waals surface area contributed by atoms with Crippen molar-refractivity contribution < 1.29 is 19.4 Å². The van der Waals surface area contributed by atoms with Gasteiger partial charge in [0.2, 0.25) is 0 Å². The summed E-state index contributed by atoms with van der Waals surface area (Å²) in [6.07, 6.45) is 1.08. The van der Waals surface area contributed by atoms with Gasteiger partial charge in [-0.2, -0.15) is 0 Å². The third-order valence-electron chi connectivity index (χ3n) is 2.64. The van der Waals surface area contributed by atoms with Crippen LogP contribution in [0, 0.1) is 0 Å². The van der Waals surface area contributed by atoms with Crippen molar-refractivity contribution >= 4 is 23.1 Å². The molecule has 19 heavy (non-hydrogen) atoms. The van der Waals surface area contributed by atoms with Gasteiger partial charge in [0.1, 0.15) is 0 Å². The van der Waals surface area contributed by atoms with Crippen LogP contribution >= 0.6 is 11.3 Å². The molecule has 0 aliphatic carbocycles. The Bertz CT molecular complexity index is 391. The molecule has 0 amide bonds. The lowest BCUT2D eigenvalue weighted by atomic mass is 10.1. The van der Waals surface area contributed by atoms with Gasteiger partial charge in [-0.15, -0.1) is 11.3 Å². The number of rotatable bonds is 10. The topological polar surface area (TPSA) is 75.6 Å². The number of thiophene rings is 1. The number of ketones is 1. The summed E-state index contributed by atoms with van der Waals surface area (Å²) in [7, 11) is 1.62. The first-order valence-corrected chi connectivity index (χ1v) is 7.05. The Morgan fingerprint density at radius 3 is 2.89 bits per heavy atom. The Morgan fingerprint density at radius 1 is 1.53 bits per heavy atom. The Labute approximate surface area is 116 Å². The first kappa shape index (κ1) is 15.8. The molecule has 2 N–H and O–H groups in total. The molecule has 1 aromatic rings. The summed E-state index contributed by atoms with van der Waals surface area (Å²) >= 11 is 1.38. The number of aliphatic carboxylic acids is 1. The number of hydrogen-bond donors (Lipinski definition) is 2. The van der Waals surface area contributed by atoms with Crippen LogP contribution in [0.25, 0.3) is 0 Å². The average molecular weight is 285 g/mol. The van der Waals surface area contributed by atoms with Gasteiger partial charge in [-0.25, -0.2) is 0 Å². The van der Waals surface area contributed by atoms with Crippen molar-refractivity contribution in [1.29, 1.82) is 0 Å². The van der Waals surface area contributed by atoms with Crippen molar-refractivity contribution in [1.82, 2.24) is 5.32 Å². The lowest BCUT2D eigenvalue weighted by Gasteiger charge is -2.16. The van der Waals surface area contributed by atoms with Gasteiger partial charge < -0.3 is 15.2 Å². The minimum Gasteiger partial charge on any atom is -0.481 e. The maximum atomic E-state index is 12.2. The van der Waals surface area contributed by atoms with E-state index < -0.39 is 12.0 Å². The number of methoxy groups -OCH3 is 1. The van der Waals surface area contributed by atoms with Crippen LogP contribution < -0.4 is 5.32 Å². The molecular weight excluding hydrogens is 266 g/mol. The quantitative estimate of drug-likeness (QED) is 0.506. The number of carboxylic acid groups (broad SMARTS) is 1. The van der Waals surface area contributed by atoms with Gasteiger partial charge in [0, 0.05) is 20.1 Å². The molecule has 0 aliphatic rings. The second kappa shape index (κ2) is 8.79. The monoisotopic (exact) mass is 285 g/mol. The molecule has 0 saturated carbocycles. The SMILES string of the molecule is COCCCNC(CCC(=O)O)C(=O)c1cccs1. The van der Waals surface area contributed by atoms with Gasteiger partial charge in [-0.3, -0.25) is 9.59 Å². The highest BCUT2D eigenvalue weighted by atomic mass is 32.1. The molecule has 0 bridgehead atoms. The first-order chi connectivity index (χ1) is 9.15. The van der Waals surface area contributed by atoms with Crippen LogP contribution in [-0.2, 0) is 9.53 Å². The van der Waals surface area contributed by atoms with E-state index in [0.717, 1.165) is 6.42 Å². The molecule has 1 atom stereocenters. The standard InChI is InChI=1S/C13H19NO4S/c1-18-8-3-7-14-10(5-6-12(15)16)13(17)11-4-2-9-19-11/h2,4,9-10,14H,3,5-8H2,1H3,(H,15,16). The molecule has 0 aliphatic heterocycles. The maximum Gasteiger partial charge on any atom is 0.303 e. The largest absolute Gasteiger partial charge is 0.481 e. The fourth-order valence-electron chi connectivity index (χ4n) is 1.68. The van der Waals surface area contributed by atoms with Crippen molar-refractivity contribution in [2.24, 2.45) is 0 Å². The zero-order valence-corrected chi connectivity index (χ0v) is 11.7. The minimum absolute atomic E-state index is 0.0148. The van der Waals surface area contributed by atoms with E-state index in [9.17, 15) is 9.59 Å². The normalized spacial score (nSPS) is 12.3. The van der Waals surface area contributed by atoms with E-state index in [2.05, 4.69) is 5.32 Å². The Hall–Kier alpha value is -1.24. The number of carbonyl (C=O) groups excluding carboxylic acids is 1. The molecule has 0 spiro atoms. The van der Waals surface area contributed by atoms with Crippen molar-refractivity contribution in [3.63, 3.8) is 0 Å². The van der Waals surface area contributed by atoms with Crippen molar-refractivity contribution in [3.8, 4) is 0 Å². The molecule has 6 heteroatoms. The summed E-state index contributed by atoms with van der Waals surface area (Å²) in [5.74, 6) is -0.920. The van der Waals surface area contributed by atoms with Gasteiger partial charge in [-0.1, -0.05) is 6.07 Å². The van der Waals surface area contributed by atoms with Crippen LogP contribution in [0.5, 0.6) is 0 Å². The van der Waals surface area contributed by atoms with E-state index in [0.29, 0.717) is 24.4 Å². The molecule has 0 saturated heterocycles. The Balaban J connectivity index is 2.52. The van der Waals surface area contributed by atoms with Crippen molar-refractivity contribution in [3.05, 3.63) is 22.4 Å². The number of Topliss-reactive ketones (excluding diaryl/α,β-unsaturated/α-hetero) is 1. The van der Waals surface area contributed by atoms with E-state index in [-0.39, 0.29) is 12.2 Å². The molecule has 0 fully saturated rings. The first-order valence-electron chi connectivity index (χ1n) is 6.17. The third-order valence-corrected chi connectivity index (χ3v) is 3.53. The zero-order chi connectivity index (χ0) is 14.1. The predicted octanol–water partition coefficient (Wildman–Crippen LogP) is 1.79. The molecule has 1 unspecified atom stereocenters. The molecule has 0 radical (unpaired) electrons. The van der Waals surface area contributed by atoms with Gasteiger partial charge in [-0.05, 0) is 30.8 Å². The van der Waals surface area contributed by atoms with Gasteiger partial charge in [0.05, 0.1) is 10.9 Å². The zero-order valence-electron chi connectivity index (χ0n) is 10.9. The van der Waals surface area contributed by atoms with Crippen LogP contribution in [0.1, 0.15) is 28.9 Å². The molecule has 1 heterocycles. The number of ether oxygens (including phenoxy) is 1. The summed E-state index contributed by atoms with van der Waals surface area (Å²) in [5.41, 5.74) is 0.